The first-order chi connectivity index (χ1) is 11.8. The topological polar surface area (TPSA) is 73.0 Å². The zero-order valence-electron chi connectivity index (χ0n) is 15.3. The van der Waals surface area contributed by atoms with E-state index >= 15 is 0 Å². The molecule has 0 aromatic heterocycles. The maximum atomic E-state index is 12.4. The second-order valence-corrected chi connectivity index (χ2v) is 6.50. The summed E-state index contributed by atoms with van der Waals surface area (Å²) in [5.74, 6) is -0.0978. The maximum Gasteiger partial charge on any atom is 0.319 e. The third kappa shape index (κ3) is 4.79. The molecule has 0 saturated carbocycles. The molecule has 0 radical (unpaired) electrons. The largest absolute Gasteiger partial charge is 0.331 e. The van der Waals surface area contributed by atoms with Crippen molar-refractivity contribution in [3.05, 3.63) is 29.8 Å². The lowest BCUT2D eigenvalue weighted by Gasteiger charge is -2.38. The molecule has 1 aromatic carbocycles. The Hall–Kier alpha value is -2.41. The standard InChI is InChI=1S/C18H26N4O3/c1-13(21-9-11-22(12-10-21)18(25)20(3)4)17(24)19-16-7-5-15(6-8-16)14(2)23/h5-8,13H,9-12H2,1-4H3,(H,19,24)/t13-/m1/s1. The molecule has 1 heterocycles. The van der Waals surface area contributed by atoms with Crippen molar-refractivity contribution in [3.8, 4) is 0 Å². The maximum absolute atomic E-state index is 12.4. The molecule has 1 aliphatic rings. The first-order valence-corrected chi connectivity index (χ1v) is 8.41. The Kier molecular flexibility index (Phi) is 6.14. The Morgan fingerprint density at radius 1 is 1.04 bits per heavy atom. The van der Waals surface area contributed by atoms with E-state index in [-0.39, 0.29) is 23.8 Å². The van der Waals surface area contributed by atoms with Gasteiger partial charge in [-0.15, -0.1) is 0 Å². The summed E-state index contributed by atoms with van der Waals surface area (Å²) in [7, 11) is 3.48. The average molecular weight is 346 g/mol. The number of hydrogen-bond acceptors (Lipinski definition) is 4. The molecule has 1 saturated heterocycles. The molecule has 3 amide bonds. The number of urea groups is 1. The third-order valence-corrected chi connectivity index (χ3v) is 4.45. The van der Waals surface area contributed by atoms with Gasteiger partial charge in [-0.25, -0.2) is 4.79 Å². The van der Waals surface area contributed by atoms with Crippen LogP contribution in [0.5, 0.6) is 0 Å². The van der Waals surface area contributed by atoms with Crippen molar-refractivity contribution in [2.75, 3.05) is 45.6 Å². The predicted molar refractivity (Wildman–Crippen MR) is 96.8 cm³/mol. The fourth-order valence-corrected chi connectivity index (χ4v) is 2.78. The highest BCUT2D eigenvalue weighted by Gasteiger charge is 2.28. The number of piperazine rings is 1. The molecule has 7 nitrogen and oxygen atoms in total. The Morgan fingerprint density at radius 2 is 1.60 bits per heavy atom. The van der Waals surface area contributed by atoms with Crippen LogP contribution in [-0.2, 0) is 4.79 Å². The number of rotatable bonds is 4. The molecular formula is C18H26N4O3. The minimum Gasteiger partial charge on any atom is -0.331 e. The SMILES string of the molecule is CC(=O)c1ccc(NC(=O)[C@@H](C)N2CCN(C(=O)N(C)C)CC2)cc1. The molecule has 1 aliphatic heterocycles. The second kappa shape index (κ2) is 8.11. The van der Waals surface area contributed by atoms with Gasteiger partial charge in [0.25, 0.3) is 0 Å². The fourth-order valence-electron chi connectivity index (χ4n) is 2.78. The number of amides is 3. The first kappa shape index (κ1) is 18.9. The van der Waals surface area contributed by atoms with Gasteiger partial charge in [-0.2, -0.15) is 0 Å². The minimum absolute atomic E-state index is 0.00214. The summed E-state index contributed by atoms with van der Waals surface area (Å²) >= 11 is 0. The van der Waals surface area contributed by atoms with Crippen LogP contribution in [0.15, 0.2) is 24.3 Å². The molecule has 0 bridgehead atoms. The van der Waals surface area contributed by atoms with Crippen molar-refractivity contribution in [2.24, 2.45) is 0 Å². The molecule has 0 spiro atoms. The molecule has 136 valence electrons. The summed E-state index contributed by atoms with van der Waals surface area (Å²) in [4.78, 5) is 41.1. The van der Waals surface area contributed by atoms with E-state index in [1.807, 2.05) is 6.92 Å². The van der Waals surface area contributed by atoms with E-state index in [4.69, 9.17) is 0 Å². The average Bonchev–Trinajstić information content (AvgIpc) is 2.60. The number of benzene rings is 1. The highest BCUT2D eigenvalue weighted by atomic mass is 16.2. The van der Waals surface area contributed by atoms with Crippen LogP contribution >= 0.6 is 0 Å². The van der Waals surface area contributed by atoms with Gasteiger partial charge in [0.1, 0.15) is 0 Å². The molecule has 1 fully saturated rings. The lowest BCUT2D eigenvalue weighted by molar-refractivity contribution is -0.121. The number of hydrogen-bond donors (Lipinski definition) is 1. The van der Waals surface area contributed by atoms with Crippen LogP contribution in [0.2, 0.25) is 0 Å². The summed E-state index contributed by atoms with van der Waals surface area (Å²) in [5.41, 5.74) is 1.29. The van der Waals surface area contributed by atoms with Crippen molar-refractivity contribution in [1.29, 1.82) is 0 Å². The van der Waals surface area contributed by atoms with Gasteiger partial charge in [-0.3, -0.25) is 14.5 Å². The van der Waals surface area contributed by atoms with E-state index in [1.54, 1.807) is 48.2 Å². The fraction of sp³-hybridized carbons (Fsp3) is 0.500. The lowest BCUT2D eigenvalue weighted by atomic mass is 10.1. The lowest BCUT2D eigenvalue weighted by Crippen LogP contribution is -2.55. The summed E-state index contributed by atoms with van der Waals surface area (Å²) in [6, 6.07) is 6.58. The molecular weight excluding hydrogens is 320 g/mol. The quantitative estimate of drug-likeness (QED) is 0.839. The monoisotopic (exact) mass is 346 g/mol. The van der Waals surface area contributed by atoms with Gasteiger partial charge in [0.2, 0.25) is 5.91 Å². The Labute approximate surface area is 148 Å². The third-order valence-electron chi connectivity index (χ3n) is 4.45. The zero-order chi connectivity index (χ0) is 18.6. The smallest absolute Gasteiger partial charge is 0.319 e. The van der Waals surface area contributed by atoms with Gasteiger partial charge < -0.3 is 15.1 Å². The molecule has 1 atom stereocenters. The number of carbonyl (C=O) groups excluding carboxylic acids is 3. The number of anilines is 1. The minimum atomic E-state index is -0.288. The van der Waals surface area contributed by atoms with Crippen molar-refractivity contribution < 1.29 is 14.4 Å². The van der Waals surface area contributed by atoms with Gasteiger partial charge in [0.15, 0.2) is 5.78 Å². The van der Waals surface area contributed by atoms with Crippen LogP contribution in [0, 0.1) is 0 Å². The normalized spacial score (nSPS) is 16.2. The van der Waals surface area contributed by atoms with E-state index in [1.165, 1.54) is 6.92 Å². The molecule has 7 heteroatoms. The number of nitrogens with one attached hydrogen (secondary N) is 1. The van der Waals surface area contributed by atoms with Crippen LogP contribution in [0.25, 0.3) is 0 Å². The number of carbonyl (C=O) groups is 3. The highest BCUT2D eigenvalue weighted by molar-refractivity contribution is 5.97. The summed E-state index contributed by atoms with van der Waals surface area (Å²) in [6.07, 6.45) is 0. The Bertz CT molecular complexity index is 634. The van der Waals surface area contributed by atoms with E-state index in [0.717, 1.165) is 0 Å². The first-order valence-electron chi connectivity index (χ1n) is 8.41. The summed E-state index contributed by atoms with van der Waals surface area (Å²) < 4.78 is 0. The van der Waals surface area contributed by atoms with E-state index in [0.29, 0.717) is 37.4 Å². The van der Waals surface area contributed by atoms with E-state index < -0.39 is 0 Å². The van der Waals surface area contributed by atoms with Gasteiger partial charge >= 0.3 is 6.03 Å². The van der Waals surface area contributed by atoms with Gasteiger partial charge in [-0.05, 0) is 38.1 Å². The van der Waals surface area contributed by atoms with Gasteiger partial charge in [0, 0.05) is 51.5 Å². The Morgan fingerprint density at radius 3 is 2.08 bits per heavy atom. The van der Waals surface area contributed by atoms with Crippen LogP contribution < -0.4 is 5.32 Å². The van der Waals surface area contributed by atoms with Crippen LogP contribution in [0.1, 0.15) is 24.2 Å². The molecule has 25 heavy (non-hydrogen) atoms. The van der Waals surface area contributed by atoms with E-state index in [2.05, 4.69) is 10.2 Å². The van der Waals surface area contributed by atoms with Crippen molar-refractivity contribution in [3.63, 3.8) is 0 Å². The molecule has 2 rings (SSSR count). The number of Topliss-reactive ketones (excluding diaryl/α,β-unsaturated/α-hetero) is 1. The molecule has 0 unspecified atom stereocenters. The number of nitrogens with zero attached hydrogens (tertiary/aromatic N) is 3. The molecule has 0 aliphatic carbocycles. The zero-order valence-corrected chi connectivity index (χ0v) is 15.3. The highest BCUT2D eigenvalue weighted by Crippen LogP contribution is 2.13. The van der Waals surface area contributed by atoms with Crippen LogP contribution in [0.4, 0.5) is 10.5 Å². The van der Waals surface area contributed by atoms with Gasteiger partial charge in [0.05, 0.1) is 6.04 Å². The van der Waals surface area contributed by atoms with Crippen molar-refractivity contribution in [2.45, 2.75) is 19.9 Å². The summed E-state index contributed by atoms with van der Waals surface area (Å²) in [5, 5.41) is 2.88. The van der Waals surface area contributed by atoms with Crippen LogP contribution in [0.3, 0.4) is 0 Å². The molecule has 1 N–H and O–H groups in total. The Balaban J connectivity index is 1.88. The van der Waals surface area contributed by atoms with Gasteiger partial charge in [-0.1, -0.05) is 0 Å². The van der Waals surface area contributed by atoms with Crippen LogP contribution in [-0.4, -0.2) is 78.7 Å². The summed E-state index contributed by atoms with van der Waals surface area (Å²) in [6.45, 7) is 5.93. The predicted octanol–water partition coefficient (Wildman–Crippen LogP) is 1.52. The second-order valence-electron chi connectivity index (χ2n) is 6.50. The number of ketones is 1. The van der Waals surface area contributed by atoms with E-state index in [9.17, 15) is 14.4 Å². The van der Waals surface area contributed by atoms with Crippen molar-refractivity contribution in [1.82, 2.24) is 14.7 Å². The molecule has 1 aromatic rings. The van der Waals surface area contributed by atoms with Crippen molar-refractivity contribution >= 4 is 23.4 Å².